The Bertz CT molecular complexity index is 1110. The van der Waals surface area contributed by atoms with Crippen molar-refractivity contribution in [2.45, 2.75) is 39.2 Å². The van der Waals surface area contributed by atoms with E-state index in [1.807, 2.05) is 20.8 Å². The van der Waals surface area contributed by atoms with Crippen molar-refractivity contribution in [2.75, 3.05) is 27.3 Å². The molecule has 0 aliphatic carbocycles. The van der Waals surface area contributed by atoms with Crippen LogP contribution in [0.25, 0.3) is 0 Å². The van der Waals surface area contributed by atoms with E-state index < -0.39 is 11.0 Å². The molecule has 0 atom stereocenters. The fourth-order valence-electron chi connectivity index (χ4n) is 3.59. The molecule has 0 spiro atoms. The Balaban J connectivity index is 1.78. The molecule has 1 saturated heterocycles. The van der Waals surface area contributed by atoms with Crippen molar-refractivity contribution in [3.8, 4) is 11.5 Å². The minimum Gasteiger partial charge on any atom is -0.493 e. The van der Waals surface area contributed by atoms with Crippen LogP contribution in [0.3, 0.4) is 0 Å². The number of carbonyl (C=O) groups excluding carboxylic acids is 2. The quantitative estimate of drug-likeness (QED) is 0.460. The first kappa shape index (κ1) is 24.8. The minimum atomic E-state index is -0.784. The van der Waals surface area contributed by atoms with Crippen LogP contribution in [0.15, 0.2) is 18.2 Å². The zero-order chi connectivity index (χ0) is 25.2. The van der Waals surface area contributed by atoms with Gasteiger partial charge in [0.25, 0.3) is 11.6 Å². The topological polar surface area (TPSA) is 129 Å². The van der Waals surface area contributed by atoms with Crippen LogP contribution in [-0.2, 0) is 23.8 Å². The highest BCUT2D eigenvalue weighted by atomic mass is 16.6. The first-order chi connectivity index (χ1) is 16.0. The molecule has 34 heavy (non-hydrogen) atoms. The third-order valence-corrected chi connectivity index (χ3v) is 5.48. The van der Waals surface area contributed by atoms with E-state index in [9.17, 15) is 19.7 Å². The molecule has 1 fully saturated rings. The summed E-state index contributed by atoms with van der Waals surface area (Å²) in [6.07, 6.45) is -0.213. The number of rotatable bonds is 6. The second kappa shape index (κ2) is 9.57. The standard InChI is InChI=1S/C22H29N5O7/c1-22(2,3)19-12-16(24(4)23-19)20(28)25-8-7-9-26(25)21(29)34-13-14-10-17(32-5)18(33-6)11-15(14)27(30)31/h10-12H,7-9,13H2,1-6H3. The molecule has 2 heterocycles. The van der Waals surface area contributed by atoms with Gasteiger partial charge in [0, 0.05) is 25.6 Å². The maximum atomic E-state index is 13.2. The van der Waals surface area contributed by atoms with Gasteiger partial charge in [-0.3, -0.25) is 19.6 Å². The predicted octanol–water partition coefficient (Wildman–Crippen LogP) is 3.04. The van der Waals surface area contributed by atoms with Gasteiger partial charge in [0.05, 0.1) is 36.5 Å². The number of amides is 2. The van der Waals surface area contributed by atoms with E-state index in [0.29, 0.717) is 18.7 Å². The van der Waals surface area contributed by atoms with Gasteiger partial charge < -0.3 is 14.2 Å². The molecule has 12 heteroatoms. The lowest BCUT2D eigenvalue weighted by molar-refractivity contribution is -0.385. The van der Waals surface area contributed by atoms with E-state index in [1.165, 1.54) is 41.1 Å². The van der Waals surface area contributed by atoms with Gasteiger partial charge in [-0.2, -0.15) is 5.10 Å². The summed E-state index contributed by atoms with van der Waals surface area (Å²) in [5, 5.41) is 18.4. The van der Waals surface area contributed by atoms with Gasteiger partial charge in [-0.05, 0) is 18.6 Å². The molecule has 2 aromatic rings. The lowest BCUT2D eigenvalue weighted by atomic mass is 9.92. The first-order valence-electron chi connectivity index (χ1n) is 10.7. The Kier molecular flexibility index (Phi) is 6.99. The number of aromatic nitrogens is 2. The average molecular weight is 476 g/mol. The van der Waals surface area contributed by atoms with E-state index in [-0.39, 0.29) is 47.2 Å². The Morgan fingerprint density at radius 1 is 1.09 bits per heavy atom. The van der Waals surface area contributed by atoms with E-state index in [2.05, 4.69) is 5.10 Å². The summed E-state index contributed by atoms with van der Waals surface area (Å²) in [6.45, 7) is 6.22. The minimum absolute atomic E-state index is 0.134. The van der Waals surface area contributed by atoms with Crippen LogP contribution >= 0.6 is 0 Å². The zero-order valence-corrected chi connectivity index (χ0v) is 20.2. The number of nitro benzene ring substituents is 1. The van der Waals surface area contributed by atoms with Crippen LogP contribution in [0.5, 0.6) is 11.5 Å². The first-order valence-corrected chi connectivity index (χ1v) is 10.7. The Morgan fingerprint density at radius 2 is 1.71 bits per heavy atom. The van der Waals surface area contributed by atoms with Gasteiger partial charge in [0.1, 0.15) is 12.3 Å². The van der Waals surface area contributed by atoms with Crippen LogP contribution in [-0.4, -0.2) is 64.0 Å². The average Bonchev–Trinajstić information content (AvgIpc) is 3.43. The summed E-state index contributed by atoms with van der Waals surface area (Å²) in [4.78, 5) is 36.9. The van der Waals surface area contributed by atoms with Gasteiger partial charge in [-0.25, -0.2) is 14.8 Å². The molecular weight excluding hydrogens is 446 g/mol. The molecule has 12 nitrogen and oxygen atoms in total. The molecule has 1 aromatic carbocycles. The van der Waals surface area contributed by atoms with Crippen molar-refractivity contribution in [1.29, 1.82) is 0 Å². The highest BCUT2D eigenvalue weighted by Crippen LogP contribution is 2.35. The molecule has 1 aliphatic rings. The number of hydrogen-bond donors (Lipinski definition) is 0. The zero-order valence-electron chi connectivity index (χ0n) is 20.2. The SMILES string of the molecule is COc1cc(COC(=O)N2CCCN2C(=O)c2cc(C(C)(C)C)nn2C)c([N+](=O)[O-])cc1OC. The van der Waals surface area contributed by atoms with Crippen molar-refractivity contribution in [3.05, 3.63) is 45.3 Å². The van der Waals surface area contributed by atoms with E-state index in [0.717, 1.165) is 5.69 Å². The van der Waals surface area contributed by atoms with Gasteiger partial charge >= 0.3 is 6.09 Å². The summed E-state index contributed by atoms with van der Waals surface area (Å²) in [7, 11) is 4.45. The summed E-state index contributed by atoms with van der Waals surface area (Å²) in [5.74, 6) is 0.0754. The Labute approximate surface area is 197 Å². The molecule has 0 saturated carbocycles. The molecule has 0 unspecified atom stereocenters. The number of hydrazine groups is 1. The second-order valence-corrected chi connectivity index (χ2v) is 8.84. The molecule has 0 N–H and O–H groups in total. The Hall–Kier alpha value is -3.83. The van der Waals surface area contributed by atoms with Crippen molar-refractivity contribution >= 4 is 17.7 Å². The smallest absolute Gasteiger partial charge is 0.429 e. The van der Waals surface area contributed by atoms with Crippen LogP contribution in [0.2, 0.25) is 0 Å². The summed E-state index contributed by atoms with van der Waals surface area (Å²) >= 11 is 0. The van der Waals surface area contributed by atoms with Gasteiger partial charge in [-0.15, -0.1) is 0 Å². The van der Waals surface area contributed by atoms with Crippen molar-refractivity contribution < 1.29 is 28.7 Å². The second-order valence-electron chi connectivity index (χ2n) is 8.84. The van der Waals surface area contributed by atoms with E-state index >= 15 is 0 Å². The number of ether oxygens (including phenoxy) is 3. The molecular formula is C22H29N5O7. The van der Waals surface area contributed by atoms with Gasteiger partial charge in [-0.1, -0.05) is 20.8 Å². The summed E-state index contributed by atoms with van der Waals surface area (Å²) < 4.78 is 17.1. The fourth-order valence-corrected chi connectivity index (χ4v) is 3.59. The highest BCUT2D eigenvalue weighted by molar-refractivity contribution is 5.93. The van der Waals surface area contributed by atoms with Crippen molar-refractivity contribution in [2.24, 2.45) is 7.05 Å². The molecule has 1 aromatic heterocycles. The maximum absolute atomic E-state index is 13.2. The lowest BCUT2D eigenvalue weighted by Crippen LogP contribution is -2.45. The largest absolute Gasteiger partial charge is 0.493 e. The van der Waals surface area contributed by atoms with Crippen molar-refractivity contribution in [1.82, 2.24) is 19.8 Å². The van der Waals surface area contributed by atoms with E-state index in [4.69, 9.17) is 14.2 Å². The van der Waals surface area contributed by atoms with Crippen LogP contribution in [0.1, 0.15) is 48.9 Å². The number of methoxy groups -OCH3 is 2. The van der Waals surface area contributed by atoms with Crippen molar-refractivity contribution in [3.63, 3.8) is 0 Å². The number of nitro groups is 1. The summed E-state index contributed by atoms with van der Waals surface area (Å²) in [6, 6.07) is 4.32. The predicted molar refractivity (Wildman–Crippen MR) is 121 cm³/mol. The number of hydrogen-bond acceptors (Lipinski definition) is 8. The van der Waals surface area contributed by atoms with Crippen LogP contribution in [0.4, 0.5) is 10.5 Å². The number of carbonyl (C=O) groups is 2. The third-order valence-electron chi connectivity index (χ3n) is 5.48. The maximum Gasteiger partial charge on any atom is 0.429 e. The third kappa shape index (κ3) is 4.90. The van der Waals surface area contributed by atoms with Crippen LogP contribution in [0, 0.1) is 10.1 Å². The fraction of sp³-hybridized carbons (Fsp3) is 0.500. The molecule has 3 rings (SSSR count). The molecule has 1 aliphatic heterocycles. The van der Waals surface area contributed by atoms with Crippen LogP contribution < -0.4 is 9.47 Å². The summed E-state index contributed by atoms with van der Waals surface area (Å²) in [5.41, 5.74) is 0.722. The highest BCUT2D eigenvalue weighted by Gasteiger charge is 2.35. The number of nitrogens with zero attached hydrogens (tertiary/aromatic N) is 5. The normalized spacial score (nSPS) is 13.7. The molecule has 184 valence electrons. The molecule has 0 bridgehead atoms. The molecule has 0 radical (unpaired) electrons. The van der Waals surface area contributed by atoms with E-state index in [1.54, 1.807) is 13.1 Å². The monoisotopic (exact) mass is 475 g/mol. The Morgan fingerprint density at radius 3 is 2.26 bits per heavy atom. The number of benzene rings is 1. The number of aryl methyl sites for hydroxylation is 1. The van der Waals surface area contributed by atoms with Gasteiger partial charge in [0.15, 0.2) is 11.5 Å². The molecule has 2 amide bonds. The van der Waals surface area contributed by atoms with Gasteiger partial charge in [0.2, 0.25) is 0 Å². The lowest BCUT2D eigenvalue weighted by Gasteiger charge is -2.27.